The highest BCUT2D eigenvalue weighted by Gasteiger charge is 2.33. The number of amides is 1. The van der Waals surface area contributed by atoms with Crippen LogP contribution in [0.1, 0.15) is 37.3 Å². The number of nitrogens with zero attached hydrogens (tertiary/aromatic N) is 3. The summed E-state index contributed by atoms with van der Waals surface area (Å²) in [5.41, 5.74) is 1.10. The van der Waals surface area contributed by atoms with Crippen molar-refractivity contribution < 1.29 is 9.53 Å². The van der Waals surface area contributed by atoms with Crippen molar-refractivity contribution >= 4 is 23.5 Å². The number of hydrogen-bond donors (Lipinski definition) is 1. The van der Waals surface area contributed by atoms with Gasteiger partial charge < -0.3 is 15.0 Å². The molecule has 4 rings (SSSR count). The normalized spacial score (nSPS) is 26.2. The summed E-state index contributed by atoms with van der Waals surface area (Å²) in [4.78, 5) is 23.1. The minimum Gasteiger partial charge on any atom is -0.378 e. The summed E-state index contributed by atoms with van der Waals surface area (Å²) in [6.45, 7) is 3.29. The van der Waals surface area contributed by atoms with E-state index < -0.39 is 0 Å². The van der Waals surface area contributed by atoms with Crippen LogP contribution in [0.25, 0.3) is 0 Å². The van der Waals surface area contributed by atoms with Gasteiger partial charge in [-0.3, -0.25) is 4.79 Å². The maximum Gasteiger partial charge on any atom is 0.230 e. The minimum absolute atomic E-state index is 0.186. The number of carbonyl (C=O) groups excluding carboxylic acids is 1. The quantitative estimate of drug-likeness (QED) is 0.798. The van der Waals surface area contributed by atoms with Gasteiger partial charge in [-0.2, -0.15) is 11.8 Å². The van der Waals surface area contributed by atoms with Gasteiger partial charge in [0.15, 0.2) is 0 Å². The molecule has 25 heavy (non-hydrogen) atoms. The summed E-state index contributed by atoms with van der Waals surface area (Å²) in [6, 6.07) is 2.42. The molecule has 6 nitrogen and oxygen atoms in total. The molecule has 0 bridgehead atoms. The van der Waals surface area contributed by atoms with Crippen LogP contribution in [0.4, 0.5) is 5.82 Å². The molecule has 0 unspecified atom stereocenters. The molecule has 1 N–H and O–H groups in total. The first-order chi connectivity index (χ1) is 12.3. The van der Waals surface area contributed by atoms with E-state index in [0.29, 0.717) is 17.7 Å². The zero-order chi connectivity index (χ0) is 17.1. The molecule has 1 aromatic heterocycles. The van der Waals surface area contributed by atoms with Crippen LogP contribution >= 0.6 is 11.8 Å². The number of thioether (sulfide) groups is 1. The smallest absolute Gasteiger partial charge is 0.230 e. The second kappa shape index (κ2) is 7.91. The molecule has 3 aliphatic rings. The van der Waals surface area contributed by atoms with Gasteiger partial charge in [-0.25, -0.2) is 9.97 Å². The number of ether oxygens (including phenoxy) is 1. The maximum absolute atomic E-state index is 12.0. The van der Waals surface area contributed by atoms with E-state index in [1.165, 1.54) is 12.8 Å². The molecular formula is C18H26N4O2S. The fourth-order valence-corrected chi connectivity index (χ4v) is 4.45. The second-order valence-electron chi connectivity index (χ2n) is 7.29. The Morgan fingerprint density at radius 1 is 1.28 bits per heavy atom. The van der Waals surface area contributed by atoms with Crippen molar-refractivity contribution in [2.75, 3.05) is 42.7 Å². The van der Waals surface area contributed by atoms with Crippen LogP contribution in [0.5, 0.6) is 0 Å². The van der Waals surface area contributed by atoms with Gasteiger partial charge in [0.2, 0.25) is 5.91 Å². The van der Waals surface area contributed by atoms with Crippen molar-refractivity contribution in [3.63, 3.8) is 0 Å². The standard InChI is InChI=1S/C18H26N4O2S/c23-18(11-25-10-13-1-2-13)21-15-7-14(8-15)16-9-17(20-12-19-16)22-3-5-24-6-4-22/h9,12-15H,1-8,10-11H2,(H,21,23). The molecule has 1 aromatic rings. The van der Waals surface area contributed by atoms with Crippen molar-refractivity contribution in [3.8, 4) is 0 Å². The van der Waals surface area contributed by atoms with Crippen LogP contribution in [0.2, 0.25) is 0 Å². The molecule has 0 spiro atoms. The average Bonchev–Trinajstić information content (AvgIpc) is 3.43. The molecule has 1 amide bonds. The van der Waals surface area contributed by atoms with Crippen LogP contribution in [-0.2, 0) is 9.53 Å². The molecule has 1 saturated heterocycles. The molecule has 2 saturated carbocycles. The van der Waals surface area contributed by atoms with Gasteiger partial charge in [-0.1, -0.05) is 0 Å². The Morgan fingerprint density at radius 2 is 2.08 bits per heavy atom. The third-order valence-electron chi connectivity index (χ3n) is 5.21. The molecule has 0 atom stereocenters. The number of hydrogen-bond acceptors (Lipinski definition) is 6. The molecule has 7 heteroatoms. The molecule has 2 aliphatic carbocycles. The van der Waals surface area contributed by atoms with E-state index in [4.69, 9.17) is 4.74 Å². The summed E-state index contributed by atoms with van der Waals surface area (Å²) < 4.78 is 5.40. The van der Waals surface area contributed by atoms with E-state index in [1.54, 1.807) is 18.1 Å². The van der Waals surface area contributed by atoms with Crippen molar-refractivity contribution in [2.45, 2.75) is 37.6 Å². The Morgan fingerprint density at radius 3 is 2.84 bits per heavy atom. The number of nitrogens with one attached hydrogen (secondary N) is 1. The van der Waals surface area contributed by atoms with E-state index in [0.717, 1.165) is 62.3 Å². The first-order valence-corrected chi connectivity index (χ1v) is 10.4. The van der Waals surface area contributed by atoms with Gasteiger partial charge in [-0.15, -0.1) is 0 Å². The average molecular weight is 362 g/mol. The summed E-state index contributed by atoms with van der Waals surface area (Å²) in [5, 5.41) is 3.16. The van der Waals surface area contributed by atoms with E-state index in [1.807, 2.05) is 0 Å². The van der Waals surface area contributed by atoms with Gasteiger partial charge in [0.05, 0.1) is 19.0 Å². The molecule has 0 radical (unpaired) electrons. The zero-order valence-electron chi connectivity index (χ0n) is 14.5. The van der Waals surface area contributed by atoms with Gasteiger partial charge in [-0.05, 0) is 37.4 Å². The lowest BCUT2D eigenvalue weighted by molar-refractivity contribution is -0.119. The molecule has 2 heterocycles. The maximum atomic E-state index is 12.0. The van der Waals surface area contributed by atoms with Crippen LogP contribution in [-0.4, -0.2) is 59.7 Å². The Balaban J connectivity index is 1.22. The predicted molar refractivity (Wildman–Crippen MR) is 99.0 cm³/mol. The van der Waals surface area contributed by atoms with Crippen LogP contribution in [0.15, 0.2) is 12.4 Å². The Hall–Kier alpha value is -1.34. The van der Waals surface area contributed by atoms with Crippen molar-refractivity contribution in [2.24, 2.45) is 5.92 Å². The van der Waals surface area contributed by atoms with Crippen molar-refractivity contribution in [1.82, 2.24) is 15.3 Å². The minimum atomic E-state index is 0.186. The second-order valence-corrected chi connectivity index (χ2v) is 8.32. The monoisotopic (exact) mass is 362 g/mol. The Labute approximate surface area is 153 Å². The number of anilines is 1. The van der Waals surface area contributed by atoms with Crippen molar-refractivity contribution in [3.05, 3.63) is 18.1 Å². The van der Waals surface area contributed by atoms with Crippen LogP contribution in [0.3, 0.4) is 0 Å². The largest absolute Gasteiger partial charge is 0.378 e. The third kappa shape index (κ3) is 4.64. The fraction of sp³-hybridized carbons (Fsp3) is 0.722. The Bertz CT molecular complexity index is 598. The SMILES string of the molecule is O=C(CSCC1CC1)NC1CC(c2cc(N3CCOCC3)ncn2)C1. The molecule has 0 aromatic carbocycles. The molecule has 1 aliphatic heterocycles. The summed E-state index contributed by atoms with van der Waals surface area (Å²) in [5.74, 6) is 4.25. The zero-order valence-corrected chi connectivity index (χ0v) is 15.3. The van der Waals surface area contributed by atoms with Crippen molar-refractivity contribution in [1.29, 1.82) is 0 Å². The summed E-state index contributed by atoms with van der Waals surface area (Å²) >= 11 is 1.78. The number of morpholine rings is 1. The van der Waals surface area contributed by atoms with E-state index in [-0.39, 0.29) is 5.91 Å². The number of carbonyl (C=O) groups is 1. The summed E-state index contributed by atoms with van der Waals surface area (Å²) in [6.07, 6.45) is 6.34. The first-order valence-electron chi connectivity index (χ1n) is 9.29. The van der Waals surface area contributed by atoms with Gasteiger partial charge in [0.1, 0.15) is 12.1 Å². The predicted octanol–water partition coefficient (Wildman–Crippen LogP) is 1.82. The fourth-order valence-electron chi connectivity index (χ4n) is 3.40. The van der Waals surface area contributed by atoms with Gasteiger partial charge in [0.25, 0.3) is 0 Å². The third-order valence-corrected chi connectivity index (χ3v) is 6.39. The van der Waals surface area contributed by atoms with Gasteiger partial charge >= 0.3 is 0 Å². The summed E-state index contributed by atoms with van der Waals surface area (Å²) in [7, 11) is 0. The molecule has 3 fully saturated rings. The van der Waals surface area contributed by atoms with Gasteiger partial charge in [0, 0.05) is 36.8 Å². The first kappa shape index (κ1) is 17.1. The lowest BCUT2D eigenvalue weighted by atomic mass is 9.78. The highest BCUT2D eigenvalue weighted by Crippen LogP contribution is 2.37. The van der Waals surface area contributed by atoms with E-state index in [2.05, 4.69) is 26.3 Å². The van der Waals surface area contributed by atoms with Crippen LogP contribution in [0, 0.1) is 5.92 Å². The highest BCUT2D eigenvalue weighted by molar-refractivity contribution is 7.99. The van der Waals surface area contributed by atoms with Crippen LogP contribution < -0.4 is 10.2 Å². The molecule has 136 valence electrons. The number of aromatic nitrogens is 2. The number of rotatable bonds is 7. The highest BCUT2D eigenvalue weighted by atomic mass is 32.2. The molecular weight excluding hydrogens is 336 g/mol. The lowest BCUT2D eigenvalue weighted by Gasteiger charge is -2.36. The van der Waals surface area contributed by atoms with E-state index >= 15 is 0 Å². The van der Waals surface area contributed by atoms with E-state index in [9.17, 15) is 4.79 Å². The topological polar surface area (TPSA) is 67.4 Å². The lowest BCUT2D eigenvalue weighted by Crippen LogP contribution is -2.44. The Kier molecular flexibility index (Phi) is 5.41.